The molecule has 1 amide bonds. The smallest absolute Gasteiger partial charge is 0.322 e. The van der Waals surface area contributed by atoms with Crippen LogP contribution in [0.1, 0.15) is 6.42 Å². The summed E-state index contributed by atoms with van der Waals surface area (Å²) in [6.07, 6.45) is -0.269. The average Bonchev–Trinajstić information content (AvgIpc) is 2.10. The van der Waals surface area contributed by atoms with Gasteiger partial charge in [0.15, 0.2) is 0 Å². The van der Waals surface area contributed by atoms with E-state index in [1.165, 1.54) is 7.11 Å². The first-order valence-electron chi connectivity index (χ1n) is 3.81. The summed E-state index contributed by atoms with van der Waals surface area (Å²) >= 11 is 0. The van der Waals surface area contributed by atoms with Crippen molar-refractivity contribution in [2.75, 3.05) is 20.2 Å². The third kappa shape index (κ3) is 6.06. The standard InChI is InChI=1S/C7H14N2O4/c1-13-5(3-8)2-6(10)9-4-7(11)12/h5H,2-4,8H2,1H3,(H,9,10)(H,11,12). The van der Waals surface area contributed by atoms with Gasteiger partial charge in [-0.05, 0) is 0 Å². The number of methoxy groups -OCH3 is 1. The van der Waals surface area contributed by atoms with Crippen LogP contribution < -0.4 is 11.1 Å². The number of carbonyl (C=O) groups excluding carboxylic acids is 1. The van der Waals surface area contributed by atoms with E-state index in [4.69, 9.17) is 15.6 Å². The predicted octanol–water partition coefficient (Wildman–Crippen LogP) is -1.45. The van der Waals surface area contributed by atoms with E-state index >= 15 is 0 Å². The molecule has 0 rings (SSSR count). The maximum atomic E-state index is 11.0. The molecule has 0 aromatic heterocycles. The van der Waals surface area contributed by atoms with Gasteiger partial charge in [0.05, 0.1) is 12.5 Å². The van der Waals surface area contributed by atoms with Crippen LogP contribution in [0.5, 0.6) is 0 Å². The van der Waals surface area contributed by atoms with Gasteiger partial charge in [-0.25, -0.2) is 0 Å². The van der Waals surface area contributed by atoms with Crippen LogP contribution in [0.15, 0.2) is 0 Å². The second-order valence-electron chi connectivity index (χ2n) is 2.47. The van der Waals surface area contributed by atoms with Crippen LogP contribution in [0.2, 0.25) is 0 Å². The Labute approximate surface area is 76.0 Å². The van der Waals surface area contributed by atoms with Gasteiger partial charge in [0.2, 0.25) is 5.91 Å². The Balaban J connectivity index is 3.66. The molecule has 0 aliphatic carbocycles. The highest BCUT2D eigenvalue weighted by molar-refractivity contribution is 5.81. The SMILES string of the molecule is COC(CN)CC(=O)NCC(=O)O. The zero-order valence-electron chi connectivity index (χ0n) is 7.45. The van der Waals surface area contributed by atoms with E-state index in [-0.39, 0.29) is 31.5 Å². The van der Waals surface area contributed by atoms with Gasteiger partial charge >= 0.3 is 5.97 Å². The summed E-state index contributed by atoms with van der Waals surface area (Å²) in [5, 5.41) is 10.4. The molecule has 6 nitrogen and oxygen atoms in total. The number of nitrogens with two attached hydrogens (primary N) is 1. The second-order valence-corrected chi connectivity index (χ2v) is 2.47. The third-order valence-corrected chi connectivity index (χ3v) is 1.45. The first-order chi connectivity index (χ1) is 6.10. The number of ether oxygens (including phenoxy) is 1. The molecule has 0 fully saturated rings. The van der Waals surface area contributed by atoms with E-state index in [0.29, 0.717) is 0 Å². The highest BCUT2D eigenvalue weighted by Gasteiger charge is 2.11. The third-order valence-electron chi connectivity index (χ3n) is 1.45. The molecule has 0 aromatic carbocycles. The minimum atomic E-state index is -1.07. The van der Waals surface area contributed by atoms with Crippen molar-refractivity contribution < 1.29 is 19.4 Å². The fraction of sp³-hybridized carbons (Fsp3) is 0.714. The number of carbonyl (C=O) groups is 2. The molecule has 1 unspecified atom stereocenters. The molecule has 13 heavy (non-hydrogen) atoms. The Morgan fingerprint density at radius 2 is 2.23 bits per heavy atom. The molecule has 6 heteroatoms. The van der Waals surface area contributed by atoms with Crippen LogP contribution in [0.4, 0.5) is 0 Å². The van der Waals surface area contributed by atoms with Crippen molar-refractivity contribution in [3.8, 4) is 0 Å². The molecule has 0 radical (unpaired) electrons. The lowest BCUT2D eigenvalue weighted by atomic mass is 10.2. The van der Waals surface area contributed by atoms with Crippen molar-refractivity contribution >= 4 is 11.9 Å². The maximum Gasteiger partial charge on any atom is 0.322 e. The van der Waals surface area contributed by atoms with Gasteiger partial charge in [0, 0.05) is 13.7 Å². The van der Waals surface area contributed by atoms with E-state index in [2.05, 4.69) is 5.32 Å². The molecular formula is C7H14N2O4. The lowest BCUT2D eigenvalue weighted by molar-refractivity contribution is -0.138. The summed E-state index contributed by atoms with van der Waals surface area (Å²) < 4.78 is 4.84. The largest absolute Gasteiger partial charge is 0.480 e. The zero-order chi connectivity index (χ0) is 10.3. The fourth-order valence-corrected chi connectivity index (χ4v) is 0.716. The lowest BCUT2D eigenvalue weighted by Gasteiger charge is -2.11. The van der Waals surface area contributed by atoms with Crippen molar-refractivity contribution in [3.63, 3.8) is 0 Å². The van der Waals surface area contributed by atoms with E-state index < -0.39 is 5.97 Å². The Morgan fingerprint density at radius 3 is 2.62 bits per heavy atom. The quantitative estimate of drug-likeness (QED) is 0.475. The summed E-state index contributed by atoms with van der Waals surface area (Å²) in [5.74, 6) is -1.45. The van der Waals surface area contributed by atoms with Crippen molar-refractivity contribution in [1.82, 2.24) is 5.32 Å². The number of aliphatic carboxylic acids is 1. The number of amides is 1. The molecule has 0 spiro atoms. The zero-order valence-corrected chi connectivity index (χ0v) is 7.45. The number of carboxylic acids is 1. The van der Waals surface area contributed by atoms with Crippen molar-refractivity contribution in [3.05, 3.63) is 0 Å². The molecule has 0 aliphatic heterocycles. The van der Waals surface area contributed by atoms with Crippen molar-refractivity contribution in [2.45, 2.75) is 12.5 Å². The molecule has 0 heterocycles. The second kappa shape index (κ2) is 6.38. The van der Waals surface area contributed by atoms with Crippen LogP contribution in [0.3, 0.4) is 0 Å². The molecule has 0 bridgehead atoms. The van der Waals surface area contributed by atoms with Gasteiger partial charge in [0.1, 0.15) is 6.54 Å². The number of rotatable bonds is 6. The summed E-state index contributed by atoms with van der Waals surface area (Å²) in [6.45, 7) is -0.142. The summed E-state index contributed by atoms with van der Waals surface area (Å²) in [5.41, 5.74) is 5.27. The Kier molecular flexibility index (Phi) is 5.82. The summed E-state index contributed by atoms with van der Waals surface area (Å²) in [6, 6.07) is 0. The first-order valence-corrected chi connectivity index (χ1v) is 3.81. The van der Waals surface area contributed by atoms with Gasteiger partial charge in [0.25, 0.3) is 0 Å². The predicted molar refractivity (Wildman–Crippen MR) is 45.1 cm³/mol. The number of carboxylic acid groups (broad SMARTS) is 1. The lowest BCUT2D eigenvalue weighted by Crippen LogP contribution is -2.34. The topological polar surface area (TPSA) is 102 Å². The number of nitrogens with one attached hydrogen (secondary N) is 1. The van der Waals surface area contributed by atoms with E-state index in [1.54, 1.807) is 0 Å². The average molecular weight is 190 g/mol. The minimum absolute atomic E-state index is 0.0836. The molecule has 0 aliphatic rings. The molecule has 0 aromatic rings. The van der Waals surface area contributed by atoms with Crippen LogP contribution in [-0.4, -0.2) is 43.3 Å². The normalized spacial score (nSPS) is 12.2. The van der Waals surface area contributed by atoms with E-state index in [1.807, 2.05) is 0 Å². The molecule has 0 saturated heterocycles. The van der Waals surface area contributed by atoms with Crippen molar-refractivity contribution in [1.29, 1.82) is 0 Å². The Morgan fingerprint density at radius 1 is 1.62 bits per heavy atom. The monoisotopic (exact) mass is 190 g/mol. The van der Waals surface area contributed by atoms with Gasteiger partial charge in [-0.15, -0.1) is 0 Å². The van der Waals surface area contributed by atoms with Gasteiger partial charge in [-0.3, -0.25) is 9.59 Å². The maximum absolute atomic E-state index is 11.0. The molecular weight excluding hydrogens is 176 g/mol. The number of hydrogen-bond donors (Lipinski definition) is 3. The van der Waals surface area contributed by atoms with Crippen LogP contribution in [0.25, 0.3) is 0 Å². The van der Waals surface area contributed by atoms with Crippen molar-refractivity contribution in [2.24, 2.45) is 5.73 Å². The molecule has 0 saturated carbocycles. The number of hydrogen-bond acceptors (Lipinski definition) is 4. The highest BCUT2D eigenvalue weighted by atomic mass is 16.5. The minimum Gasteiger partial charge on any atom is -0.480 e. The molecule has 1 atom stereocenters. The van der Waals surface area contributed by atoms with E-state index in [0.717, 1.165) is 0 Å². The van der Waals surface area contributed by atoms with Crippen LogP contribution in [0, 0.1) is 0 Å². The first kappa shape index (κ1) is 11.9. The molecule has 76 valence electrons. The highest BCUT2D eigenvalue weighted by Crippen LogP contribution is 1.93. The fourth-order valence-electron chi connectivity index (χ4n) is 0.716. The van der Waals surface area contributed by atoms with Gasteiger partial charge in [-0.2, -0.15) is 0 Å². The summed E-state index contributed by atoms with van der Waals surface area (Å²) in [4.78, 5) is 21.0. The van der Waals surface area contributed by atoms with E-state index in [9.17, 15) is 9.59 Å². The van der Waals surface area contributed by atoms with Gasteiger partial charge < -0.3 is 20.9 Å². The Hall–Kier alpha value is -1.14. The van der Waals surface area contributed by atoms with Crippen LogP contribution >= 0.6 is 0 Å². The summed E-state index contributed by atoms with van der Waals surface area (Å²) in [7, 11) is 1.45. The molecule has 4 N–H and O–H groups in total. The van der Waals surface area contributed by atoms with Gasteiger partial charge in [-0.1, -0.05) is 0 Å². The Bertz CT molecular complexity index is 179. The van der Waals surface area contributed by atoms with Crippen LogP contribution in [-0.2, 0) is 14.3 Å².